The third-order valence-electron chi connectivity index (χ3n) is 2.25. The van der Waals surface area contributed by atoms with Crippen LogP contribution in [-0.2, 0) is 0 Å². The van der Waals surface area contributed by atoms with E-state index in [4.69, 9.17) is 5.84 Å². The highest BCUT2D eigenvalue weighted by Crippen LogP contribution is 2.27. The van der Waals surface area contributed by atoms with Gasteiger partial charge in [0.1, 0.15) is 5.03 Å². The lowest BCUT2D eigenvalue weighted by molar-refractivity contribution is 0.749. The molecule has 0 aliphatic rings. The van der Waals surface area contributed by atoms with Gasteiger partial charge in [-0.25, -0.2) is 15.8 Å². The Morgan fingerprint density at radius 1 is 1.29 bits per heavy atom. The van der Waals surface area contributed by atoms with Gasteiger partial charge in [-0.15, -0.1) is 11.8 Å². The Morgan fingerprint density at radius 2 is 2.06 bits per heavy atom. The first-order valence-electron chi connectivity index (χ1n) is 5.57. The van der Waals surface area contributed by atoms with Crippen LogP contribution in [-0.4, -0.2) is 15.7 Å². The van der Waals surface area contributed by atoms with Crippen LogP contribution in [0.15, 0.2) is 29.3 Å². The van der Waals surface area contributed by atoms with Crippen LogP contribution in [0.25, 0.3) is 10.9 Å². The Hall–Kier alpha value is -1.33. The molecule has 2 rings (SSSR count). The van der Waals surface area contributed by atoms with Crippen LogP contribution in [0, 0.1) is 5.92 Å². The standard InChI is InChI=1S/C12H16N4S/c1-8(2)7-17-11-9-5-3-4-6-10(9)14-12(15-11)16-13/h3-6,8H,7,13H2,1-2H3,(H,14,15,16). The third-order valence-corrected chi connectivity index (χ3v) is 3.67. The van der Waals surface area contributed by atoms with Gasteiger partial charge in [0.05, 0.1) is 5.52 Å². The molecule has 0 radical (unpaired) electrons. The van der Waals surface area contributed by atoms with Crippen molar-refractivity contribution in [2.75, 3.05) is 11.2 Å². The van der Waals surface area contributed by atoms with Gasteiger partial charge < -0.3 is 0 Å². The van der Waals surface area contributed by atoms with E-state index in [1.54, 1.807) is 11.8 Å². The molecule has 1 heterocycles. The maximum atomic E-state index is 5.38. The fourth-order valence-corrected chi connectivity index (χ4v) is 2.44. The van der Waals surface area contributed by atoms with Crippen LogP contribution in [0.2, 0.25) is 0 Å². The van der Waals surface area contributed by atoms with Crippen molar-refractivity contribution in [3.63, 3.8) is 0 Å². The normalized spacial score (nSPS) is 11.1. The number of hydrogen-bond donors (Lipinski definition) is 2. The minimum atomic E-state index is 0.468. The highest BCUT2D eigenvalue weighted by molar-refractivity contribution is 7.99. The van der Waals surface area contributed by atoms with Crippen molar-refractivity contribution in [1.29, 1.82) is 0 Å². The van der Waals surface area contributed by atoms with Crippen molar-refractivity contribution in [3.05, 3.63) is 24.3 Å². The van der Waals surface area contributed by atoms with E-state index in [9.17, 15) is 0 Å². The molecule has 2 aromatic rings. The zero-order chi connectivity index (χ0) is 12.3. The molecule has 1 aromatic carbocycles. The lowest BCUT2D eigenvalue weighted by Crippen LogP contribution is -2.11. The molecule has 17 heavy (non-hydrogen) atoms. The molecule has 0 unspecified atom stereocenters. The van der Waals surface area contributed by atoms with Crippen LogP contribution in [0.1, 0.15) is 13.8 Å². The van der Waals surface area contributed by atoms with Crippen LogP contribution in [0.5, 0.6) is 0 Å². The summed E-state index contributed by atoms with van der Waals surface area (Å²) >= 11 is 1.74. The number of fused-ring (bicyclic) bond motifs is 1. The maximum absolute atomic E-state index is 5.38. The second kappa shape index (κ2) is 5.33. The number of hydrogen-bond acceptors (Lipinski definition) is 5. The summed E-state index contributed by atoms with van der Waals surface area (Å²) in [5.74, 6) is 7.51. The van der Waals surface area contributed by atoms with Gasteiger partial charge in [-0.05, 0) is 12.0 Å². The van der Waals surface area contributed by atoms with E-state index < -0.39 is 0 Å². The largest absolute Gasteiger partial charge is 0.292 e. The van der Waals surface area contributed by atoms with Crippen molar-refractivity contribution < 1.29 is 0 Å². The predicted octanol–water partition coefficient (Wildman–Crippen LogP) is 2.66. The number of nitrogens with two attached hydrogens (primary N) is 1. The second-order valence-electron chi connectivity index (χ2n) is 4.22. The van der Waals surface area contributed by atoms with E-state index in [0.29, 0.717) is 11.9 Å². The molecule has 90 valence electrons. The van der Waals surface area contributed by atoms with E-state index in [1.807, 2.05) is 24.3 Å². The summed E-state index contributed by atoms with van der Waals surface area (Å²) in [6.07, 6.45) is 0. The summed E-state index contributed by atoms with van der Waals surface area (Å²) in [4.78, 5) is 8.73. The van der Waals surface area contributed by atoms with Gasteiger partial charge in [-0.1, -0.05) is 32.0 Å². The van der Waals surface area contributed by atoms with E-state index in [1.165, 1.54) is 0 Å². The number of aromatic nitrogens is 2. The van der Waals surface area contributed by atoms with Crippen molar-refractivity contribution in [2.45, 2.75) is 18.9 Å². The van der Waals surface area contributed by atoms with E-state index in [2.05, 4.69) is 29.2 Å². The molecule has 0 amide bonds. The summed E-state index contributed by atoms with van der Waals surface area (Å²) < 4.78 is 0. The molecule has 0 aliphatic heterocycles. The quantitative estimate of drug-likeness (QED) is 0.377. The number of benzene rings is 1. The molecule has 3 N–H and O–H groups in total. The number of nitrogens with zero attached hydrogens (tertiary/aromatic N) is 2. The fourth-order valence-electron chi connectivity index (χ4n) is 1.47. The Kier molecular flexibility index (Phi) is 3.81. The number of anilines is 1. The number of nitrogens with one attached hydrogen (secondary N) is 1. The van der Waals surface area contributed by atoms with E-state index >= 15 is 0 Å². The van der Waals surface area contributed by atoms with Gasteiger partial charge in [-0.2, -0.15) is 0 Å². The molecule has 0 saturated carbocycles. The Bertz CT molecular complexity index is 513. The summed E-state index contributed by atoms with van der Waals surface area (Å²) in [5.41, 5.74) is 3.43. The Morgan fingerprint density at radius 3 is 2.76 bits per heavy atom. The lowest BCUT2D eigenvalue weighted by atomic mass is 10.2. The Labute approximate surface area is 105 Å². The monoisotopic (exact) mass is 248 g/mol. The van der Waals surface area contributed by atoms with Crippen LogP contribution in [0.4, 0.5) is 5.95 Å². The molecule has 0 aliphatic carbocycles. The van der Waals surface area contributed by atoms with Crippen molar-refractivity contribution >= 4 is 28.6 Å². The minimum Gasteiger partial charge on any atom is -0.292 e. The van der Waals surface area contributed by atoms with Crippen molar-refractivity contribution in [3.8, 4) is 0 Å². The highest BCUT2D eigenvalue weighted by Gasteiger charge is 2.07. The van der Waals surface area contributed by atoms with E-state index in [0.717, 1.165) is 21.7 Å². The lowest BCUT2D eigenvalue weighted by Gasteiger charge is -2.08. The zero-order valence-electron chi connectivity index (χ0n) is 9.97. The maximum Gasteiger partial charge on any atom is 0.238 e. The Balaban J connectivity index is 2.43. The van der Waals surface area contributed by atoms with Crippen LogP contribution < -0.4 is 11.3 Å². The molecule has 0 atom stereocenters. The molecule has 5 heteroatoms. The minimum absolute atomic E-state index is 0.468. The van der Waals surface area contributed by atoms with Gasteiger partial charge >= 0.3 is 0 Å². The summed E-state index contributed by atoms with van der Waals surface area (Å²) in [6, 6.07) is 7.97. The first-order valence-corrected chi connectivity index (χ1v) is 6.55. The van der Waals surface area contributed by atoms with Crippen LogP contribution >= 0.6 is 11.8 Å². The van der Waals surface area contributed by atoms with Gasteiger partial charge in [0.15, 0.2) is 0 Å². The van der Waals surface area contributed by atoms with Gasteiger partial charge in [-0.3, -0.25) is 5.43 Å². The predicted molar refractivity (Wildman–Crippen MR) is 72.9 cm³/mol. The first-order chi connectivity index (χ1) is 8.20. The number of hydrazine groups is 1. The van der Waals surface area contributed by atoms with Gasteiger partial charge in [0.2, 0.25) is 5.95 Å². The van der Waals surface area contributed by atoms with Gasteiger partial charge in [0, 0.05) is 11.1 Å². The second-order valence-corrected chi connectivity index (χ2v) is 5.23. The summed E-state index contributed by atoms with van der Waals surface area (Å²) in [6.45, 7) is 4.39. The first kappa shape index (κ1) is 12.1. The number of para-hydroxylation sites is 1. The molecule has 0 saturated heterocycles. The number of nitrogen functional groups attached to an aromatic ring is 1. The number of rotatable bonds is 4. The smallest absolute Gasteiger partial charge is 0.238 e. The average molecular weight is 248 g/mol. The SMILES string of the molecule is CC(C)CSc1nc(NN)nc2ccccc12. The molecule has 0 fully saturated rings. The molecular formula is C12H16N4S. The third kappa shape index (κ3) is 2.87. The molecule has 0 bridgehead atoms. The van der Waals surface area contributed by atoms with Gasteiger partial charge in [0.25, 0.3) is 0 Å². The van der Waals surface area contributed by atoms with Crippen LogP contribution in [0.3, 0.4) is 0 Å². The molecule has 1 aromatic heterocycles. The molecule has 4 nitrogen and oxygen atoms in total. The van der Waals surface area contributed by atoms with E-state index in [-0.39, 0.29) is 0 Å². The molecular weight excluding hydrogens is 232 g/mol. The average Bonchev–Trinajstić information content (AvgIpc) is 2.35. The summed E-state index contributed by atoms with van der Waals surface area (Å²) in [5, 5.41) is 2.06. The summed E-state index contributed by atoms with van der Waals surface area (Å²) in [7, 11) is 0. The van der Waals surface area contributed by atoms with Crippen molar-refractivity contribution in [1.82, 2.24) is 9.97 Å². The highest BCUT2D eigenvalue weighted by atomic mass is 32.2. The topological polar surface area (TPSA) is 63.8 Å². The number of thioether (sulfide) groups is 1. The molecule has 0 spiro atoms. The van der Waals surface area contributed by atoms with Crippen molar-refractivity contribution in [2.24, 2.45) is 11.8 Å². The fraction of sp³-hybridized carbons (Fsp3) is 0.333. The zero-order valence-corrected chi connectivity index (χ0v) is 10.8.